The van der Waals surface area contributed by atoms with Crippen molar-refractivity contribution < 1.29 is 14.3 Å². The molecule has 0 radical (unpaired) electrons. The monoisotopic (exact) mass is 338 g/mol. The van der Waals surface area contributed by atoms with E-state index in [4.69, 9.17) is 4.74 Å². The molecule has 0 saturated carbocycles. The molecule has 5 nitrogen and oxygen atoms in total. The van der Waals surface area contributed by atoms with Crippen LogP contribution in [-0.4, -0.2) is 18.9 Å². The first-order chi connectivity index (χ1) is 12.2. The van der Waals surface area contributed by atoms with Crippen LogP contribution in [0.2, 0.25) is 0 Å². The van der Waals surface area contributed by atoms with Gasteiger partial charge in [0.2, 0.25) is 11.8 Å². The summed E-state index contributed by atoms with van der Waals surface area (Å²) in [7, 11) is 1.62. The van der Waals surface area contributed by atoms with E-state index in [1.54, 1.807) is 7.11 Å². The van der Waals surface area contributed by atoms with Crippen molar-refractivity contribution >= 4 is 17.5 Å². The smallest absolute Gasteiger partial charge is 0.227 e. The van der Waals surface area contributed by atoms with Crippen LogP contribution in [-0.2, 0) is 22.6 Å². The third kappa shape index (κ3) is 4.38. The van der Waals surface area contributed by atoms with Crippen LogP contribution in [0.3, 0.4) is 0 Å². The van der Waals surface area contributed by atoms with Crippen LogP contribution in [0.5, 0.6) is 5.75 Å². The number of para-hydroxylation sites is 1. The van der Waals surface area contributed by atoms with Gasteiger partial charge in [-0.3, -0.25) is 9.59 Å². The molecule has 1 heterocycles. The molecule has 2 N–H and O–H groups in total. The number of anilines is 1. The highest BCUT2D eigenvalue weighted by molar-refractivity contribution is 5.96. The Kier molecular flexibility index (Phi) is 5.33. The van der Waals surface area contributed by atoms with E-state index in [-0.39, 0.29) is 17.7 Å². The molecule has 0 aromatic heterocycles. The van der Waals surface area contributed by atoms with Gasteiger partial charge in [0.1, 0.15) is 5.75 Å². The molecule has 0 fully saturated rings. The van der Waals surface area contributed by atoms with Gasteiger partial charge in [0, 0.05) is 24.6 Å². The van der Waals surface area contributed by atoms with Crippen molar-refractivity contribution in [2.45, 2.75) is 25.8 Å². The van der Waals surface area contributed by atoms with Gasteiger partial charge in [0.05, 0.1) is 7.11 Å². The van der Waals surface area contributed by atoms with E-state index < -0.39 is 0 Å². The lowest BCUT2D eigenvalue weighted by atomic mass is 9.89. The first-order valence-corrected chi connectivity index (χ1v) is 8.44. The van der Waals surface area contributed by atoms with Crippen molar-refractivity contribution in [1.29, 1.82) is 0 Å². The summed E-state index contributed by atoms with van der Waals surface area (Å²) in [5.74, 6) is 0.601. The molecule has 0 aliphatic carbocycles. The largest absolute Gasteiger partial charge is 0.497 e. The topological polar surface area (TPSA) is 67.4 Å². The maximum atomic E-state index is 12.2. The Morgan fingerprint density at radius 1 is 1.20 bits per heavy atom. The van der Waals surface area contributed by atoms with Crippen LogP contribution in [0.15, 0.2) is 48.5 Å². The second-order valence-corrected chi connectivity index (χ2v) is 6.21. The third-order valence-corrected chi connectivity index (χ3v) is 4.48. The fourth-order valence-electron chi connectivity index (χ4n) is 2.98. The molecule has 1 atom stereocenters. The van der Waals surface area contributed by atoms with E-state index in [1.165, 1.54) is 0 Å². The number of methoxy groups -OCH3 is 1. The van der Waals surface area contributed by atoms with E-state index in [0.29, 0.717) is 25.8 Å². The number of hydrogen-bond acceptors (Lipinski definition) is 3. The van der Waals surface area contributed by atoms with E-state index in [1.807, 2.05) is 48.5 Å². The minimum absolute atomic E-state index is 0.00153. The average Bonchev–Trinajstić information content (AvgIpc) is 2.65. The molecule has 2 amide bonds. The zero-order valence-corrected chi connectivity index (χ0v) is 14.2. The molecule has 0 spiro atoms. The van der Waals surface area contributed by atoms with Crippen molar-refractivity contribution in [3.05, 3.63) is 59.7 Å². The summed E-state index contributed by atoms with van der Waals surface area (Å²) in [6.45, 7) is 0.475. The Morgan fingerprint density at radius 2 is 1.96 bits per heavy atom. The minimum atomic E-state index is -0.151. The molecule has 25 heavy (non-hydrogen) atoms. The van der Waals surface area contributed by atoms with E-state index in [0.717, 1.165) is 22.6 Å². The van der Waals surface area contributed by atoms with E-state index in [9.17, 15) is 9.59 Å². The molecular formula is C20H22N2O3. The molecule has 3 rings (SSSR count). The number of carbonyl (C=O) groups excluding carboxylic acids is 2. The summed E-state index contributed by atoms with van der Waals surface area (Å²) < 4.78 is 5.11. The van der Waals surface area contributed by atoms with Gasteiger partial charge in [0.15, 0.2) is 0 Å². The number of ether oxygens (including phenoxy) is 1. The van der Waals surface area contributed by atoms with Crippen molar-refractivity contribution in [3.8, 4) is 5.75 Å². The molecule has 2 aromatic carbocycles. The first-order valence-electron chi connectivity index (χ1n) is 8.44. The Labute approximate surface area is 147 Å². The summed E-state index contributed by atoms with van der Waals surface area (Å²) >= 11 is 0. The van der Waals surface area contributed by atoms with Crippen LogP contribution in [0.1, 0.15) is 24.0 Å². The average molecular weight is 338 g/mol. The summed E-state index contributed by atoms with van der Waals surface area (Å²) in [5, 5.41) is 5.82. The number of nitrogens with one attached hydrogen (secondary N) is 2. The van der Waals surface area contributed by atoms with Gasteiger partial charge in [-0.05, 0) is 42.2 Å². The molecule has 1 unspecified atom stereocenters. The SMILES string of the molecule is COc1ccc(CNC(=O)CCC2Cc3ccccc3NC2=O)cc1. The zero-order valence-electron chi connectivity index (χ0n) is 14.2. The third-order valence-electron chi connectivity index (χ3n) is 4.48. The van der Waals surface area contributed by atoms with Crippen LogP contribution in [0.4, 0.5) is 5.69 Å². The number of hydrogen-bond donors (Lipinski definition) is 2. The Hall–Kier alpha value is -2.82. The molecule has 0 saturated heterocycles. The Morgan fingerprint density at radius 3 is 2.72 bits per heavy atom. The molecule has 130 valence electrons. The normalized spacial score (nSPS) is 15.9. The summed E-state index contributed by atoms with van der Waals surface area (Å²) in [6, 6.07) is 15.4. The summed E-state index contributed by atoms with van der Waals surface area (Å²) in [4.78, 5) is 24.2. The fourth-order valence-corrected chi connectivity index (χ4v) is 2.98. The number of fused-ring (bicyclic) bond motifs is 1. The molecule has 0 bridgehead atoms. The van der Waals surface area contributed by atoms with Crippen molar-refractivity contribution in [2.24, 2.45) is 5.92 Å². The molecular weight excluding hydrogens is 316 g/mol. The van der Waals surface area contributed by atoms with Gasteiger partial charge >= 0.3 is 0 Å². The van der Waals surface area contributed by atoms with Gasteiger partial charge in [-0.15, -0.1) is 0 Å². The molecule has 1 aliphatic rings. The lowest BCUT2D eigenvalue weighted by Crippen LogP contribution is -2.31. The standard InChI is InChI=1S/C20H22N2O3/c1-25-17-9-6-14(7-10-17)13-21-19(23)11-8-16-12-15-4-2-3-5-18(15)22-20(16)24/h2-7,9-10,16H,8,11-13H2,1H3,(H,21,23)(H,22,24). The van der Waals surface area contributed by atoms with Crippen LogP contribution in [0, 0.1) is 5.92 Å². The molecule has 2 aromatic rings. The minimum Gasteiger partial charge on any atom is -0.497 e. The van der Waals surface area contributed by atoms with Crippen LogP contribution < -0.4 is 15.4 Å². The first kappa shape index (κ1) is 17.0. The van der Waals surface area contributed by atoms with Crippen molar-refractivity contribution in [3.63, 3.8) is 0 Å². The van der Waals surface area contributed by atoms with Gasteiger partial charge in [-0.25, -0.2) is 0 Å². The van der Waals surface area contributed by atoms with Gasteiger partial charge in [0.25, 0.3) is 0 Å². The van der Waals surface area contributed by atoms with Crippen molar-refractivity contribution in [2.75, 3.05) is 12.4 Å². The van der Waals surface area contributed by atoms with Crippen LogP contribution in [0.25, 0.3) is 0 Å². The predicted molar refractivity (Wildman–Crippen MR) is 96.3 cm³/mol. The van der Waals surface area contributed by atoms with Crippen LogP contribution >= 0.6 is 0 Å². The number of benzene rings is 2. The highest BCUT2D eigenvalue weighted by Gasteiger charge is 2.26. The van der Waals surface area contributed by atoms with Gasteiger partial charge < -0.3 is 15.4 Å². The van der Waals surface area contributed by atoms with E-state index >= 15 is 0 Å². The maximum Gasteiger partial charge on any atom is 0.227 e. The Bertz CT molecular complexity index is 756. The quantitative estimate of drug-likeness (QED) is 0.851. The number of carbonyl (C=O) groups is 2. The predicted octanol–water partition coefficient (Wildman–Crippen LogP) is 2.90. The van der Waals surface area contributed by atoms with Gasteiger partial charge in [-0.2, -0.15) is 0 Å². The lowest BCUT2D eigenvalue weighted by molar-refractivity contribution is -0.122. The fraction of sp³-hybridized carbons (Fsp3) is 0.300. The Balaban J connectivity index is 1.46. The molecule has 5 heteroatoms. The number of rotatable bonds is 6. The zero-order chi connectivity index (χ0) is 17.6. The molecule has 1 aliphatic heterocycles. The van der Waals surface area contributed by atoms with Gasteiger partial charge in [-0.1, -0.05) is 30.3 Å². The lowest BCUT2D eigenvalue weighted by Gasteiger charge is -2.24. The maximum absolute atomic E-state index is 12.2. The summed E-state index contributed by atoms with van der Waals surface area (Å²) in [6.07, 6.45) is 1.58. The van der Waals surface area contributed by atoms with E-state index in [2.05, 4.69) is 10.6 Å². The highest BCUT2D eigenvalue weighted by Crippen LogP contribution is 2.27. The second-order valence-electron chi connectivity index (χ2n) is 6.21. The number of amides is 2. The van der Waals surface area contributed by atoms with Crippen molar-refractivity contribution in [1.82, 2.24) is 5.32 Å². The highest BCUT2D eigenvalue weighted by atomic mass is 16.5. The second kappa shape index (κ2) is 7.83. The summed E-state index contributed by atoms with van der Waals surface area (Å²) in [5.41, 5.74) is 3.02.